The number of aryl methyl sites for hydroxylation is 1. The molecule has 2 aromatic heterocycles. The first kappa shape index (κ1) is 27.2. The molecule has 40 heavy (non-hydrogen) atoms. The maximum absolute atomic E-state index is 13.9. The van der Waals surface area contributed by atoms with E-state index in [0.29, 0.717) is 51.2 Å². The third-order valence-corrected chi connectivity index (χ3v) is 7.24. The van der Waals surface area contributed by atoms with Crippen molar-refractivity contribution in [2.45, 2.75) is 52.1 Å². The molecule has 0 unspecified atom stereocenters. The van der Waals surface area contributed by atoms with E-state index in [9.17, 15) is 14.0 Å². The molecule has 1 aromatic carbocycles. The van der Waals surface area contributed by atoms with E-state index in [2.05, 4.69) is 64.3 Å². The zero-order chi connectivity index (χ0) is 28.7. The number of aromatic nitrogens is 2. The van der Waals surface area contributed by atoms with E-state index in [-0.39, 0.29) is 5.41 Å². The van der Waals surface area contributed by atoms with Gasteiger partial charge < -0.3 is 16.1 Å². The molecule has 0 spiro atoms. The lowest BCUT2D eigenvalue weighted by molar-refractivity contribution is 0.146. The summed E-state index contributed by atoms with van der Waals surface area (Å²) in [5.74, 6) is 2.12. The van der Waals surface area contributed by atoms with Crippen LogP contribution < -0.4 is 21.6 Å². The SMILES string of the molecule is C#Cc1cnc2c(C#N)cc(N[C@H](C3=CN(C4(CF)CC4)NN3)c3ccc(F)nc3C)cc2c1NCC(C)(C)C. The molecule has 3 aromatic rings. The fourth-order valence-electron chi connectivity index (χ4n) is 4.77. The number of anilines is 2. The summed E-state index contributed by atoms with van der Waals surface area (Å²) in [6.45, 7) is 8.25. The van der Waals surface area contributed by atoms with Crippen molar-refractivity contribution in [3.63, 3.8) is 0 Å². The number of fused-ring (bicyclic) bond motifs is 1. The summed E-state index contributed by atoms with van der Waals surface area (Å²) in [5.41, 5.74) is 10.4. The Kier molecular flexibility index (Phi) is 6.99. The Balaban J connectivity index is 1.61. The van der Waals surface area contributed by atoms with Crippen LogP contribution in [-0.4, -0.2) is 33.7 Å². The fraction of sp³-hybridized carbons (Fsp3) is 0.367. The number of hydrogen-bond acceptors (Lipinski definition) is 8. The van der Waals surface area contributed by atoms with Crippen LogP contribution in [0.1, 0.15) is 62.0 Å². The van der Waals surface area contributed by atoms with E-state index in [1.54, 1.807) is 30.3 Å². The zero-order valence-electron chi connectivity index (χ0n) is 23.0. The third-order valence-electron chi connectivity index (χ3n) is 7.24. The van der Waals surface area contributed by atoms with E-state index in [1.807, 2.05) is 12.3 Å². The molecule has 8 nitrogen and oxygen atoms in total. The highest BCUT2D eigenvalue weighted by Gasteiger charge is 2.49. The van der Waals surface area contributed by atoms with Crippen LogP contribution in [-0.2, 0) is 0 Å². The molecule has 0 radical (unpaired) electrons. The summed E-state index contributed by atoms with van der Waals surface area (Å²) in [5, 5.41) is 19.5. The largest absolute Gasteiger partial charge is 0.383 e. The number of benzene rings is 1. The average molecular weight is 543 g/mol. The summed E-state index contributed by atoms with van der Waals surface area (Å²) in [6, 6.07) is 8.33. The zero-order valence-corrected chi connectivity index (χ0v) is 23.0. The maximum atomic E-state index is 13.9. The normalized spacial score (nSPS) is 16.5. The molecule has 1 saturated carbocycles. The second kappa shape index (κ2) is 10.3. The number of alkyl halides is 1. The first-order valence-corrected chi connectivity index (χ1v) is 13.1. The monoisotopic (exact) mass is 542 g/mol. The first-order valence-electron chi connectivity index (χ1n) is 13.1. The minimum absolute atomic E-state index is 0.0222. The van der Waals surface area contributed by atoms with Crippen LogP contribution in [0, 0.1) is 42.0 Å². The van der Waals surface area contributed by atoms with E-state index in [0.717, 1.165) is 18.5 Å². The van der Waals surface area contributed by atoms with Crippen LogP contribution in [0.2, 0.25) is 0 Å². The van der Waals surface area contributed by atoms with E-state index < -0.39 is 24.2 Å². The average Bonchev–Trinajstić information content (AvgIpc) is 3.57. The molecule has 4 N–H and O–H groups in total. The molecular formula is C30H32F2N8. The van der Waals surface area contributed by atoms with E-state index >= 15 is 0 Å². The third kappa shape index (κ3) is 5.23. The molecule has 1 aliphatic heterocycles. The molecule has 1 atom stereocenters. The van der Waals surface area contributed by atoms with Crippen LogP contribution in [0.3, 0.4) is 0 Å². The van der Waals surface area contributed by atoms with Crippen molar-refractivity contribution in [2.24, 2.45) is 5.41 Å². The molecule has 206 valence electrons. The molecule has 10 heteroatoms. The Morgan fingerprint density at radius 1 is 1.25 bits per heavy atom. The second-order valence-corrected chi connectivity index (χ2v) is 11.6. The van der Waals surface area contributed by atoms with Crippen LogP contribution in [0.15, 0.2) is 42.4 Å². The minimum atomic E-state index is -0.581. The minimum Gasteiger partial charge on any atom is -0.383 e. The van der Waals surface area contributed by atoms with Gasteiger partial charge in [-0.1, -0.05) is 32.8 Å². The first-order chi connectivity index (χ1) is 19.1. The summed E-state index contributed by atoms with van der Waals surface area (Å²) in [6.07, 6.45) is 10.7. The van der Waals surface area contributed by atoms with E-state index in [1.165, 1.54) is 6.07 Å². The number of nitrogens with zero attached hydrogens (tertiary/aromatic N) is 4. The smallest absolute Gasteiger partial charge is 0.213 e. The predicted octanol–water partition coefficient (Wildman–Crippen LogP) is 5.21. The molecular weight excluding hydrogens is 510 g/mol. The van der Waals surface area contributed by atoms with Crippen molar-refractivity contribution in [2.75, 3.05) is 23.9 Å². The summed E-state index contributed by atoms with van der Waals surface area (Å²) in [7, 11) is 0. The number of halogens is 2. The number of hydrogen-bond donors (Lipinski definition) is 4. The molecule has 1 aliphatic carbocycles. The quantitative estimate of drug-likeness (QED) is 0.227. The van der Waals surface area contributed by atoms with Crippen molar-refractivity contribution in [3.8, 4) is 18.4 Å². The van der Waals surface area contributed by atoms with Crippen LogP contribution in [0.5, 0.6) is 0 Å². The molecule has 3 heterocycles. The number of terminal acetylenes is 1. The van der Waals surface area contributed by atoms with Gasteiger partial charge >= 0.3 is 0 Å². The van der Waals surface area contributed by atoms with Gasteiger partial charge in [-0.3, -0.25) is 9.99 Å². The van der Waals surface area contributed by atoms with Crippen molar-refractivity contribution in [1.82, 2.24) is 25.9 Å². The van der Waals surface area contributed by atoms with Gasteiger partial charge in [-0.2, -0.15) is 9.65 Å². The maximum Gasteiger partial charge on any atom is 0.213 e. The summed E-state index contributed by atoms with van der Waals surface area (Å²) < 4.78 is 27.7. The van der Waals surface area contributed by atoms with Gasteiger partial charge in [-0.15, -0.1) is 12.0 Å². The van der Waals surface area contributed by atoms with Gasteiger partial charge in [0, 0.05) is 41.3 Å². The fourth-order valence-corrected chi connectivity index (χ4v) is 4.77. The van der Waals surface area contributed by atoms with E-state index in [4.69, 9.17) is 6.42 Å². The van der Waals surface area contributed by atoms with Crippen LogP contribution in [0.25, 0.3) is 10.9 Å². The van der Waals surface area contributed by atoms with Gasteiger partial charge in [0.1, 0.15) is 12.7 Å². The van der Waals surface area contributed by atoms with Crippen LogP contribution >= 0.6 is 0 Å². The molecule has 2 aliphatic rings. The lowest BCUT2D eigenvalue weighted by atomic mass is 9.96. The van der Waals surface area contributed by atoms with Gasteiger partial charge in [0.15, 0.2) is 0 Å². The highest BCUT2D eigenvalue weighted by molar-refractivity contribution is 5.99. The summed E-state index contributed by atoms with van der Waals surface area (Å²) in [4.78, 5) is 8.52. The predicted molar refractivity (Wildman–Crippen MR) is 152 cm³/mol. The van der Waals surface area contributed by atoms with Crippen molar-refractivity contribution in [3.05, 3.63) is 70.7 Å². The topological polar surface area (TPSA) is 101 Å². The van der Waals surface area contributed by atoms with Gasteiger partial charge in [-0.25, -0.2) is 9.37 Å². The lowest BCUT2D eigenvalue weighted by Crippen LogP contribution is -2.46. The van der Waals surface area contributed by atoms with Gasteiger partial charge in [0.25, 0.3) is 0 Å². The summed E-state index contributed by atoms with van der Waals surface area (Å²) >= 11 is 0. The second-order valence-electron chi connectivity index (χ2n) is 11.6. The number of rotatable bonds is 8. The van der Waals surface area contributed by atoms with Crippen molar-refractivity contribution >= 4 is 22.3 Å². The van der Waals surface area contributed by atoms with Gasteiger partial charge in [-0.05, 0) is 43.4 Å². The lowest BCUT2D eigenvalue weighted by Gasteiger charge is -2.24. The van der Waals surface area contributed by atoms with Crippen molar-refractivity contribution in [1.29, 1.82) is 5.26 Å². The molecule has 0 amide bonds. The Labute approximate surface area is 232 Å². The number of hydrazine groups is 2. The Bertz CT molecular complexity index is 1570. The van der Waals surface area contributed by atoms with Gasteiger partial charge in [0.05, 0.1) is 39.6 Å². The standard InChI is InChI=1S/C30H32F2N8/c1-6-19-14-34-27-20(13-33)11-21(12-23(27)26(19)35-17-29(3,4)5)37-28(22-7-8-25(32)36-18(22)2)24-15-40(39-38-24)30(16-31)9-10-30/h1,7-8,11-12,14-15,28,37-39H,9-10,16-17H2,2-5H3,(H,34,35)/t28-/m0/s1. The molecule has 5 rings (SSSR count). The Morgan fingerprint density at radius 3 is 2.65 bits per heavy atom. The Hall–Kier alpha value is -4.41. The van der Waals surface area contributed by atoms with Crippen molar-refractivity contribution < 1.29 is 8.78 Å². The molecule has 1 fully saturated rings. The Morgan fingerprint density at radius 2 is 2.02 bits per heavy atom. The number of pyridine rings is 2. The van der Waals surface area contributed by atoms with Gasteiger partial charge in [0.2, 0.25) is 5.95 Å². The highest BCUT2D eigenvalue weighted by Crippen LogP contribution is 2.43. The molecule has 0 bridgehead atoms. The molecule has 0 saturated heterocycles. The number of nitriles is 1. The van der Waals surface area contributed by atoms with Crippen LogP contribution in [0.4, 0.5) is 20.2 Å². The number of nitrogens with one attached hydrogen (secondary N) is 4. The highest BCUT2D eigenvalue weighted by atomic mass is 19.1.